The number of aromatic nitrogens is 2. The standard InChI is InChI=1S/C15H13ClN4O4S/c1-18(2)10-4-3-9(7-11(10)20(22)23)14(21)24-8-12-13(16)17-15-19(12)5-6-25-15/h3-7H,8H2,1-2H3. The number of esters is 1. The van der Waals surface area contributed by atoms with Crippen molar-refractivity contribution in [3.8, 4) is 0 Å². The number of carbonyl (C=O) groups is 1. The molecule has 8 nitrogen and oxygen atoms in total. The van der Waals surface area contributed by atoms with E-state index in [2.05, 4.69) is 4.98 Å². The summed E-state index contributed by atoms with van der Waals surface area (Å²) in [5.74, 6) is -0.672. The minimum atomic E-state index is -0.672. The normalized spacial score (nSPS) is 10.8. The number of carbonyl (C=O) groups excluding carboxylic acids is 1. The maximum absolute atomic E-state index is 12.3. The van der Waals surface area contributed by atoms with Crippen LogP contribution in [-0.4, -0.2) is 34.4 Å². The van der Waals surface area contributed by atoms with Crippen LogP contribution in [0.15, 0.2) is 29.8 Å². The first-order valence-electron chi connectivity index (χ1n) is 7.11. The van der Waals surface area contributed by atoms with E-state index in [0.717, 1.165) is 0 Å². The van der Waals surface area contributed by atoms with Crippen LogP contribution >= 0.6 is 22.9 Å². The Morgan fingerprint density at radius 1 is 1.48 bits per heavy atom. The number of imidazole rings is 1. The molecule has 25 heavy (non-hydrogen) atoms. The van der Waals surface area contributed by atoms with E-state index < -0.39 is 10.9 Å². The molecule has 3 rings (SSSR count). The first-order chi connectivity index (χ1) is 11.9. The van der Waals surface area contributed by atoms with Crippen LogP contribution in [0.3, 0.4) is 0 Å². The molecule has 0 spiro atoms. The van der Waals surface area contributed by atoms with Crippen LogP contribution in [-0.2, 0) is 11.3 Å². The third-order valence-electron chi connectivity index (χ3n) is 3.54. The molecule has 2 aromatic heterocycles. The van der Waals surface area contributed by atoms with Gasteiger partial charge in [-0.25, -0.2) is 9.78 Å². The molecule has 0 aliphatic rings. The van der Waals surface area contributed by atoms with Crippen molar-refractivity contribution in [3.05, 3.63) is 56.3 Å². The summed E-state index contributed by atoms with van der Waals surface area (Å²) in [5.41, 5.74) is 0.882. The van der Waals surface area contributed by atoms with Crippen LogP contribution in [0.25, 0.3) is 4.96 Å². The first-order valence-corrected chi connectivity index (χ1v) is 8.37. The van der Waals surface area contributed by atoms with Crippen molar-refractivity contribution in [3.63, 3.8) is 0 Å². The predicted molar refractivity (Wildman–Crippen MR) is 94.6 cm³/mol. The number of rotatable bonds is 5. The summed E-state index contributed by atoms with van der Waals surface area (Å²) in [6.45, 7) is -0.0845. The molecule has 10 heteroatoms. The maximum Gasteiger partial charge on any atom is 0.338 e. The van der Waals surface area contributed by atoms with Gasteiger partial charge in [0.05, 0.1) is 16.2 Å². The van der Waals surface area contributed by atoms with Gasteiger partial charge < -0.3 is 9.64 Å². The number of fused-ring (bicyclic) bond motifs is 1. The highest BCUT2D eigenvalue weighted by Crippen LogP contribution is 2.28. The molecule has 0 radical (unpaired) electrons. The van der Waals surface area contributed by atoms with E-state index in [-0.39, 0.29) is 23.0 Å². The Labute approximate surface area is 151 Å². The van der Waals surface area contributed by atoms with E-state index >= 15 is 0 Å². The zero-order chi connectivity index (χ0) is 18.1. The molecule has 0 aliphatic carbocycles. The molecule has 0 fully saturated rings. The van der Waals surface area contributed by atoms with Gasteiger partial charge in [0, 0.05) is 31.7 Å². The molecule has 2 heterocycles. The van der Waals surface area contributed by atoms with Crippen LogP contribution in [0.1, 0.15) is 16.1 Å². The van der Waals surface area contributed by atoms with Gasteiger partial charge in [0.1, 0.15) is 12.3 Å². The number of benzene rings is 1. The van der Waals surface area contributed by atoms with Gasteiger partial charge in [-0.2, -0.15) is 0 Å². The fourth-order valence-corrected chi connectivity index (χ4v) is 3.34. The third kappa shape index (κ3) is 3.28. The lowest BCUT2D eigenvalue weighted by Gasteiger charge is -2.13. The van der Waals surface area contributed by atoms with Crippen molar-refractivity contribution >= 4 is 45.2 Å². The van der Waals surface area contributed by atoms with Crippen LogP contribution < -0.4 is 4.90 Å². The second-order valence-corrected chi connectivity index (χ2v) is 6.57. The predicted octanol–water partition coefficient (Wildman–Crippen LogP) is 3.38. The number of hydrogen-bond donors (Lipinski definition) is 0. The van der Waals surface area contributed by atoms with Gasteiger partial charge in [0.15, 0.2) is 10.1 Å². The summed E-state index contributed by atoms with van der Waals surface area (Å²) in [6, 6.07) is 4.20. The minimum Gasteiger partial charge on any atom is -0.456 e. The summed E-state index contributed by atoms with van der Waals surface area (Å²) in [7, 11) is 3.38. The highest BCUT2D eigenvalue weighted by atomic mass is 35.5. The average molecular weight is 381 g/mol. The van der Waals surface area contributed by atoms with Crippen molar-refractivity contribution in [1.82, 2.24) is 9.38 Å². The van der Waals surface area contributed by atoms with E-state index in [9.17, 15) is 14.9 Å². The molecule has 0 aliphatic heterocycles. The third-order valence-corrected chi connectivity index (χ3v) is 4.60. The number of thiazole rings is 1. The van der Waals surface area contributed by atoms with Crippen molar-refractivity contribution < 1.29 is 14.5 Å². The maximum atomic E-state index is 12.3. The van der Waals surface area contributed by atoms with Crippen molar-refractivity contribution in [2.75, 3.05) is 19.0 Å². The molecule has 3 aromatic rings. The Morgan fingerprint density at radius 2 is 2.24 bits per heavy atom. The molecule has 0 atom stereocenters. The zero-order valence-electron chi connectivity index (χ0n) is 13.3. The van der Waals surface area contributed by atoms with Gasteiger partial charge in [-0.15, -0.1) is 11.3 Å². The summed E-state index contributed by atoms with van der Waals surface area (Å²) in [6.07, 6.45) is 1.78. The average Bonchev–Trinajstić information content (AvgIpc) is 3.12. The summed E-state index contributed by atoms with van der Waals surface area (Å²) in [5, 5.41) is 13.3. The first kappa shape index (κ1) is 17.2. The number of halogens is 1. The Bertz CT molecular complexity index is 966. The Kier molecular flexibility index (Phi) is 4.60. The Balaban J connectivity index is 1.81. The van der Waals surface area contributed by atoms with Crippen LogP contribution in [0.5, 0.6) is 0 Å². The molecule has 130 valence electrons. The Morgan fingerprint density at radius 3 is 2.92 bits per heavy atom. The fourth-order valence-electron chi connectivity index (χ4n) is 2.33. The van der Waals surface area contributed by atoms with Crippen LogP contribution in [0.2, 0.25) is 5.15 Å². The summed E-state index contributed by atoms with van der Waals surface area (Å²) >= 11 is 7.46. The second-order valence-electron chi connectivity index (χ2n) is 5.34. The number of nitro groups is 1. The molecule has 0 N–H and O–H groups in total. The fraction of sp³-hybridized carbons (Fsp3) is 0.200. The monoisotopic (exact) mass is 380 g/mol. The molecular formula is C15H13ClN4O4S. The van der Waals surface area contributed by atoms with Crippen LogP contribution in [0, 0.1) is 10.1 Å². The molecule has 0 saturated heterocycles. The van der Waals surface area contributed by atoms with Gasteiger partial charge in [0.25, 0.3) is 5.69 Å². The van der Waals surface area contributed by atoms with Gasteiger partial charge >= 0.3 is 5.97 Å². The molecule has 0 bridgehead atoms. The van der Waals surface area contributed by atoms with Gasteiger partial charge in [0.2, 0.25) is 0 Å². The SMILES string of the molecule is CN(C)c1ccc(C(=O)OCc2c(Cl)nc3sccn23)cc1[N+](=O)[O-]. The lowest BCUT2D eigenvalue weighted by atomic mass is 10.1. The van der Waals surface area contributed by atoms with Gasteiger partial charge in [-0.3, -0.25) is 14.5 Å². The molecule has 0 amide bonds. The van der Waals surface area contributed by atoms with Crippen LogP contribution in [0.4, 0.5) is 11.4 Å². The number of hydrogen-bond acceptors (Lipinski definition) is 7. The molecule has 1 aromatic carbocycles. The lowest BCUT2D eigenvalue weighted by Crippen LogP contribution is -2.12. The number of nitro benzene ring substituents is 1. The number of nitrogens with zero attached hydrogens (tertiary/aromatic N) is 4. The summed E-state index contributed by atoms with van der Waals surface area (Å²) in [4.78, 5) is 29.4. The van der Waals surface area contributed by atoms with Crippen molar-refractivity contribution in [1.29, 1.82) is 0 Å². The highest BCUT2D eigenvalue weighted by Gasteiger charge is 2.20. The largest absolute Gasteiger partial charge is 0.456 e. The number of anilines is 1. The lowest BCUT2D eigenvalue weighted by molar-refractivity contribution is -0.384. The van der Waals surface area contributed by atoms with Gasteiger partial charge in [-0.05, 0) is 12.1 Å². The quantitative estimate of drug-likeness (QED) is 0.383. The van der Waals surface area contributed by atoms with E-state index in [1.165, 1.54) is 29.5 Å². The molecular weight excluding hydrogens is 368 g/mol. The Hall–Kier alpha value is -2.65. The van der Waals surface area contributed by atoms with Crippen molar-refractivity contribution in [2.45, 2.75) is 6.61 Å². The van der Waals surface area contributed by atoms with E-state index in [1.54, 1.807) is 29.6 Å². The number of ether oxygens (including phenoxy) is 1. The molecule has 0 unspecified atom stereocenters. The smallest absolute Gasteiger partial charge is 0.338 e. The van der Waals surface area contributed by atoms with E-state index in [0.29, 0.717) is 16.3 Å². The highest BCUT2D eigenvalue weighted by molar-refractivity contribution is 7.15. The topological polar surface area (TPSA) is 90.0 Å². The summed E-state index contributed by atoms with van der Waals surface area (Å²) < 4.78 is 6.98. The minimum absolute atomic E-state index is 0.0845. The van der Waals surface area contributed by atoms with E-state index in [4.69, 9.17) is 16.3 Å². The molecule has 0 saturated carbocycles. The van der Waals surface area contributed by atoms with Gasteiger partial charge in [-0.1, -0.05) is 11.6 Å². The van der Waals surface area contributed by atoms with Crippen molar-refractivity contribution in [2.24, 2.45) is 0 Å². The second kappa shape index (κ2) is 6.69. The zero-order valence-corrected chi connectivity index (χ0v) is 14.9. The van der Waals surface area contributed by atoms with E-state index in [1.807, 2.05) is 5.38 Å².